The Morgan fingerprint density at radius 3 is 2.82 bits per heavy atom. The second kappa shape index (κ2) is 2.02. The van der Waals surface area contributed by atoms with Crippen molar-refractivity contribution in [3.8, 4) is 0 Å². The molecule has 60 valence electrons. The number of carbonyl (C=O) groups is 1. The predicted molar refractivity (Wildman–Crippen MR) is 44.8 cm³/mol. The number of fused-ring (bicyclic) bond motifs is 1. The number of hydrogen-bond donors (Lipinski definition) is 0. The van der Waals surface area contributed by atoms with Crippen molar-refractivity contribution in [2.24, 2.45) is 11.8 Å². The lowest BCUT2D eigenvalue weighted by Crippen LogP contribution is -2.53. The van der Waals surface area contributed by atoms with Gasteiger partial charge in [-0.2, -0.15) is 0 Å². The summed E-state index contributed by atoms with van der Waals surface area (Å²) in [5, 5.41) is 0. The zero-order valence-electron chi connectivity index (χ0n) is 6.10. The number of Topliss-reactive ketones (excluding diaryl/α,β-unsaturated/α-hetero) is 1. The summed E-state index contributed by atoms with van der Waals surface area (Å²) in [6, 6.07) is 0. The van der Waals surface area contributed by atoms with E-state index in [4.69, 9.17) is 23.2 Å². The molecule has 0 saturated heterocycles. The molecule has 2 aliphatic carbocycles. The average Bonchev–Trinajstić information content (AvgIpc) is 2.29. The monoisotopic (exact) mass is 190 g/mol. The molecule has 0 aromatic rings. The van der Waals surface area contributed by atoms with Gasteiger partial charge in [-0.1, -0.05) is 34.9 Å². The second-order valence-corrected chi connectivity index (χ2v) is 4.72. The highest BCUT2D eigenvalue weighted by atomic mass is 35.5. The van der Waals surface area contributed by atoms with Gasteiger partial charge in [0.15, 0.2) is 10.1 Å². The van der Waals surface area contributed by atoms with Crippen molar-refractivity contribution in [2.75, 3.05) is 0 Å². The highest BCUT2D eigenvalue weighted by molar-refractivity contribution is 6.61. The Morgan fingerprint density at radius 2 is 2.27 bits per heavy atom. The molecule has 2 atom stereocenters. The Balaban J connectivity index is 2.29. The van der Waals surface area contributed by atoms with E-state index >= 15 is 0 Å². The lowest BCUT2D eigenvalue weighted by molar-refractivity contribution is -0.132. The minimum absolute atomic E-state index is 0.000988. The van der Waals surface area contributed by atoms with E-state index in [1.165, 1.54) is 5.57 Å². The van der Waals surface area contributed by atoms with E-state index in [1.54, 1.807) is 0 Å². The lowest BCUT2D eigenvalue weighted by Gasteiger charge is -2.40. The van der Waals surface area contributed by atoms with E-state index in [1.807, 2.05) is 13.0 Å². The first-order valence-corrected chi connectivity index (χ1v) is 4.38. The zero-order chi connectivity index (χ0) is 8.22. The Bertz CT molecular complexity index is 255. The van der Waals surface area contributed by atoms with Crippen molar-refractivity contribution >= 4 is 29.0 Å². The molecule has 0 radical (unpaired) electrons. The third kappa shape index (κ3) is 0.814. The van der Waals surface area contributed by atoms with Crippen LogP contribution < -0.4 is 0 Å². The number of ketones is 1. The molecular weight excluding hydrogens is 183 g/mol. The summed E-state index contributed by atoms with van der Waals surface area (Å²) >= 11 is 11.6. The van der Waals surface area contributed by atoms with Crippen LogP contribution >= 0.6 is 23.2 Å². The maximum atomic E-state index is 11.2. The molecule has 1 fully saturated rings. The maximum absolute atomic E-state index is 11.2. The molecule has 0 aliphatic heterocycles. The Morgan fingerprint density at radius 1 is 1.64 bits per heavy atom. The summed E-state index contributed by atoms with van der Waals surface area (Å²) in [6.07, 6.45) is 2.87. The Labute approximate surface area is 75.4 Å². The van der Waals surface area contributed by atoms with Crippen LogP contribution in [0.25, 0.3) is 0 Å². The van der Waals surface area contributed by atoms with Gasteiger partial charge >= 0.3 is 0 Å². The van der Waals surface area contributed by atoms with Gasteiger partial charge in [0.05, 0.1) is 0 Å². The molecule has 0 heterocycles. The summed E-state index contributed by atoms with van der Waals surface area (Å²) in [5.41, 5.74) is 1.23. The van der Waals surface area contributed by atoms with Crippen molar-refractivity contribution in [3.05, 3.63) is 11.6 Å². The van der Waals surface area contributed by atoms with E-state index in [2.05, 4.69) is 0 Å². The molecule has 0 bridgehead atoms. The third-order valence-corrected chi connectivity index (χ3v) is 3.40. The van der Waals surface area contributed by atoms with Gasteiger partial charge in [0, 0.05) is 11.8 Å². The first kappa shape index (κ1) is 7.63. The van der Waals surface area contributed by atoms with Crippen LogP contribution in [0.15, 0.2) is 11.6 Å². The number of allylic oxidation sites excluding steroid dienone is 2. The fraction of sp³-hybridized carbons (Fsp3) is 0.625. The maximum Gasteiger partial charge on any atom is 0.183 e. The van der Waals surface area contributed by atoms with E-state index in [9.17, 15) is 4.79 Å². The fourth-order valence-corrected chi connectivity index (χ4v) is 2.60. The fourth-order valence-electron chi connectivity index (χ4n) is 1.89. The highest BCUT2D eigenvalue weighted by Gasteiger charge is 2.60. The molecule has 1 saturated carbocycles. The van der Waals surface area contributed by atoms with Gasteiger partial charge in [-0.25, -0.2) is 0 Å². The van der Waals surface area contributed by atoms with Crippen LogP contribution in [0.5, 0.6) is 0 Å². The molecule has 2 unspecified atom stereocenters. The van der Waals surface area contributed by atoms with Gasteiger partial charge in [0.25, 0.3) is 0 Å². The van der Waals surface area contributed by atoms with Crippen molar-refractivity contribution in [3.63, 3.8) is 0 Å². The first-order valence-electron chi connectivity index (χ1n) is 3.63. The zero-order valence-corrected chi connectivity index (χ0v) is 7.62. The number of halogens is 2. The summed E-state index contributed by atoms with van der Waals surface area (Å²) in [5.74, 6) is 0.169. The van der Waals surface area contributed by atoms with Gasteiger partial charge in [0.1, 0.15) is 0 Å². The summed E-state index contributed by atoms with van der Waals surface area (Å²) in [6.45, 7) is 2.01. The highest BCUT2D eigenvalue weighted by Crippen LogP contribution is 2.55. The molecule has 11 heavy (non-hydrogen) atoms. The van der Waals surface area contributed by atoms with E-state index in [0.717, 1.165) is 6.42 Å². The van der Waals surface area contributed by atoms with Crippen LogP contribution in [-0.2, 0) is 4.79 Å². The van der Waals surface area contributed by atoms with Gasteiger partial charge < -0.3 is 0 Å². The molecule has 0 spiro atoms. The molecule has 0 N–H and O–H groups in total. The van der Waals surface area contributed by atoms with Crippen LogP contribution in [0.2, 0.25) is 0 Å². The van der Waals surface area contributed by atoms with Crippen LogP contribution in [0, 0.1) is 11.8 Å². The standard InChI is InChI=1S/C8H8Cl2O/c1-4-2-5-6(3-4)8(9,10)7(5)11/h3,5-6H,2H2,1H3. The Kier molecular flexibility index (Phi) is 1.40. The SMILES string of the molecule is CC1=CC2C(C1)C(=O)C2(Cl)Cl. The Hall–Kier alpha value is -0.0100. The van der Waals surface area contributed by atoms with Crippen LogP contribution in [0.3, 0.4) is 0 Å². The normalized spacial score (nSPS) is 39.5. The number of hydrogen-bond acceptors (Lipinski definition) is 1. The topological polar surface area (TPSA) is 17.1 Å². The smallest absolute Gasteiger partial charge is 0.183 e. The molecule has 0 amide bonds. The van der Waals surface area contributed by atoms with Gasteiger partial charge in [-0.15, -0.1) is 0 Å². The number of rotatable bonds is 0. The molecular formula is C8H8Cl2O. The largest absolute Gasteiger partial charge is 0.296 e. The van der Waals surface area contributed by atoms with Crippen molar-refractivity contribution < 1.29 is 4.79 Å². The van der Waals surface area contributed by atoms with Gasteiger partial charge in [-0.3, -0.25) is 4.79 Å². The van der Waals surface area contributed by atoms with Crippen LogP contribution in [-0.4, -0.2) is 10.1 Å². The van der Waals surface area contributed by atoms with Crippen molar-refractivity contribution in [1.82, 2.24) is 0 Å². The minimum Gasteiger partial charge on any atom is -0.296 e. The van der Waals surface area contributed by atoms with Crippen molar-refractivity contribution in [2.45, 2.75) is 17.7 Å². The molecule has 3 heteroatoms. The second-order valence-electron chi connectivity index (χ2n) is 3.34. The quantitative estimate of drug-likeness (QED) is 0.424. The van der Waals surface area contributed by atoms with Gasteiger partial charge in [0.2, 0.25) is 0 Å². The number of carbonyl (C=O) groups excluding carboxylic acids is 1. The van der Waals surface area contributed by atoms with Crippen molar-refractivity contribution in [1.29, 1.82) is 0 Å². The predicted octanol–water partition coefficient (Wildman–Crippen LogP) is 2.33. The lowest BCUT2D eigenvalue weighted by atomic mass is 9.73. The van der Waals surface area contributed by atoms with E-state index < -0.39 is 4.33 Å². The average molecular weight is 191 g/mol. The van der Waals surface area contributed by atoms with E-state index in [-0.39, 0.29) is 17.6 Å². The van der Waals surface area contributed by atoms with Crippen LogP contribution in [0.4, 0.5) is 0 Å². The van der Waals surface area contributed by atoms with Gasteiger partial charge in [-0.05, 0) is 13.3 Å². The molecule has 2 aliphatic rings. The molecule has 0 aromatic heterocycles. The molecule has 2 rings (SSSR count). The van der Waals surface area contributed by atoms with Crippen LogP contribution in [0.1, 0.15) is 13.3 Å². The summed E-state index contributed by atoms with van der Waals surface area (Å²) in [7, 11) is 0. The summed E-state index contributed by atoms with van der Waals surface area (Å²) < 4.78 is -1.11. The summed E-state index contributed by atoms with van der Waals surface area (Å²) in [4.78, 5) is 11.2. The minimum atomic E-state index is -1.11. The van der Waals surface area contributed by atoms with E-state index in [0.29, 0.717) is 0 Å². The first-order chi connectivity index (χ1) is 5.03. The molecule has 0 aromatic carbocycles. The number of alkyl halides is 2. The molecule has 1 nitrogen and oxygen atoms in total. The third-order valence-electron chi connectivity index (χ3n) is 2.52.